The first-order valence-electron chi connectivity index (χ1n) is 6.68. The summed E-state index contributed by atoms with van der Waals surface area (Å²) in [5.41, 5.74) is 0.273. The molecule has 0 aliphatic carbocycles. The lowest BCUT2D eigenvalue weighted by Crippen LogP contribution is -2.36. The van der Waals surface area contributed by atoms with E-state index < -0.39 is 0 Å². The molecule has 3 nitrogen and oxygen atoms in total. The van der Waals surface area contributed by atoms with Gasteiger partial charge in [-0.05, 0) is 30.6 Å². The van der Waals surface area contributed by atoms with Crippen LogP contribution in [0.15, 0.2) is 0 Å². The number of aliphatic hydroxyl groups is 1. The molecule has 0 saturated carbocycles. The lowest BCUT2D eigenvalue weighted by molar-refractivity contribution is -0.122. The van der Waals surface area contributed by atoms with Gasteiger partial charge in [0.1, 0.15) is 0 Å². The number of aliphatic hydroxyl groups excluding tert-OH is 1. The Kier molecular flexibility index (Phi) is 7.44. The summed E-state index contributed by atoms with van der Waals surface area (Å²) in [6.45, 7) is 10.9. The molecule has 1 amide bonds. The molecular formula is C14H29NO2. The largest absolute Gasteiger partial charge is 0.396 e. The molecule has 0 radical (unpaired) electrons. The van der Waals surface area contributed by atoms with Crippen LogP contribution in [0.2, 0.25) is 0 Å². The standard InChI is InChI=1S/C14H29NO2/c1-6-12(7-8-16)15-13(17)9-11(2)10-14(3,4)5/h11-12,16H,6-10H2,1-5H3,(H,15,17). The van der Waals surface area contributed by atoms with Gasteiger partial charge in [0.15, 0.2) is 0 Å². The van der Waals surface area contributed by atoms with E-state index in [4.69, 9.17) is 5.11 Å². The molecule has 0 rings (SSSR count). The molecule has 2 unspecified atom stereocenters. The number of hydrogen-bond donors (Lipinski definition) is 2. The van der Waals surface area contributed by atoms with Gasteiger partial charge in [0.25, 0.3) is 0 Å². The van der Waals surface area contributed by atoms with Crippen LogP contribution in [0, 0.1) is 11.3 Å². The summed E-state index contributed by atoms with van der Waals surface area (Å²) in [6, 6.07) is 0.120. The zero-order valence-corrected chi connectivity index (χ0v) is 12.0. The average molecular weight is 243 g/mol. The third-order valence-electron chi connectivity index (χ3n) is 2.83. The van der Waals surface area contributed by atoms with E-state index >= 15 is 0 Å². The Balaban J connectivity index is 3.99. The highest BCUT2D eigenvalue weighted by Crippen LogP contribution is 2.25. The van der Waals surface area contributed by atoms with Gasteiger partial charge in [0.05, 0.1) is 0 Å². The van der Waals surface area contributed by atoms with Crippen LogP contribution in [0.3, 0.4) is 0 Å². The van der Waals surface area contributed by atoms with Gasteiger partial charge in [-0.1, -0.05) is 34.6 Å². The van der Waals surface area contributed by atoms with Gasteiger partial charge >= 0.3 is 0 Å². The molecule has 2 atom stereocenters. The Morgan fingerprint density at radius 1 is 1.35 bits per heavy atom. The van der Waals surface area contributed by atoms with Crippen LogP contribution < -0.4 is 5.32 Å². The highest BCUT2D eigenvalue weighted by molar-refractivity contribution is 5.76. The molecule has 0 heterocycles. The zero-order valence-electron chi connectivity index (χ0n) is 12.0. The van der Waals surface area contributed by atoms with Crippen molar-refractivity contribution in [1.82, 2.24) is 5.32 Å². The topological polar surface area (TPSA) is 49.3 Å². The summed E-state index contributed by atoms with van der Waals surface area (Å²) in [4.78, 5) is 11.8. The molecule has 0 aromatic carbocycles. The number of carbonyl (C=O) groups is 1. The predicted molar refractivity (Wildman–Crippen MR) is 71.8 cm³/mol. The quantitative estimate of drug-likeness (QED) is 0.722. The number of carbonyl (C=O) groups excluding carboxylic acids is 1. The van der Waals surface area contributed by atoms with E-state index in [0.29, 0.717) is 18.8 Å². The van der Waals surface area contributed by atoms with Crippen molar-refractivity contribution in [3.05, 3.63) is 0 Å². The molecule has 0 aliphatic heterocycles. The molecule has 0 fully saturated rings. The average Bonchev–Trinajstić information content (AvgIpc) is 2.13. The fourth-order valence-corrected chi connectivity index (χ4v) is 2.25. The predicted octanol–water partition coefficient (Wildman–Crippen LogP) is 2.73. The molecule has 0 bridgehead atoms. The van der Waals surface area contributed by atoms with Crippen LogP contribution in [0.25, 0.3) is 0 Å². The molecular weight excluding hydrogens is 214 g/mol. The van der Waals surface area contributed by atoms with E-state index in [0.717, 1.165) is 12.8 Å². The SMILES string of the molecule is CCC(CCO)NC(=O)CC(C)CC(C)(C)C. The van der Waals surface area contributed by atoms with Gasteiger partial charge in [-0.3, -0.25) is 4.79 Å². The Morgan fingerprint density at radius 2 is 1.94 bits per heavy atom. The third kappa shape index (κ3) is 9.16. The summed E-state index contributed by atoms with van der Waals surface area (Å²) in [5, 5.41) is 11.8. The summed E-state index contributed by atoms with van der Waals surface area (Å²) in [7, 11) is 0. The summed E-state index contributed by atoms with van der Waals surface area (Å²) in [6.07, 6.45) is 3.16. The maximum Gasteiger partial charge on any atom is 0.220 e. The van der Waals surface area contributed by atoms with Crippen molar-refractivity contribution in [2.75, 3.05) is 6.61 Å². The monoisotopic (exact) mass is 243 g/mol. The van der Waals surface area contributed by atoms with Crippen molar-refractivity contribution in [2.45, 2.75) is 66.3 Å². The van der Waals surface area contributed by atoms with E-state index in [1.165, 1.54) is 0 Å². The van der Waals surface area contributed by atoms with Gasteiger partial charge in [-0.15, -0.1) is 0 Å². The number of rotatable bonds is 7. The lowest BCUT2D eigenvalue weighted by Gasteiger charge is -2.23. The van der Waals surface area contributed by atoms with Gasteiger partial charge in [-0.25, -0.2) is 0 Å². The summed E-state index contributed by atoms with van der Waals surface area (Å²) >= 11 is 0. The fraction of sp³-hybridized carbons (Fsp3) is 0.929. The molecule has 102 valence electrons. The Hall–Kier alpha value is -0.570. The first-order chi connectivity index (χ1) is 7.78. The van der Waals surface area contributed by atoms with Crippen LogP contribution in [-0.4, -0.2) is 23.7 Å². The van der Waals surface area contributed by atoms with E-state index in [9.17, 15) is 4.79 Å². The maximum absolute atomic E-state index is 11.8. The van der Waals surface area contributed by atoms with Gasteiger partial charge in [0, 0.05) is 19.1 Å². The minimum absolute atomic E-state index is 0.113. The highest BCUT2D eigenvalue weighted by Gasteiger charge is 2.18. The smallest absolute Gasteiger partial charge is 0.220 e. The lowest BCUT2D eigenvalue weighted by atomic mass is 9.84. The molecule has 0 saturated heterocycles. The van der Waals surface area contributed by atoms with Crippen molar-refractivity contribution in [3.8, 4) is 0 Å². The Labute approximate surface area is 106 Å². The molecule has 0 spiro atoms. The molecule has 0 aliphatic rings. The number of nitrogens with one attached hydrogen (secondary N) is 1. The van der Waals surface area contributed by atoms with Crippen molar-refractivity contribution < 1.29 is 9.90 Å². The van der Waals surface area contributed by atoms with Crippen molar-refractivity contribution >= 4 is 5.91 Å². The normalized spacial score (nSPS) is 15.4. The van der Waals surface area contributed by atoms with E-state index in [-0.39, 0.29) is 24.0 Å². The second-order valence-corrected chi connectivity index (χ2v) is 6.26. The van der Waals surface area contributed by atoms with Crippen LogP contribution in [-0.2, 0) is 4.79 Å². The molecule has 3 heteroatoms. The van der Waals surface area contributed by atoms with Crippen LogP contribution >= 0.6 is 0 Å². The first kappa shape index (κ1) is 16.4. The van der Waals surface area contributed by atoms with Crippen molar-refractivity contribution in [2.24, 2.45) is 11.3 Å². The number of hydrogen-bond acceptors (Lipinski definition) is 2. The second-order valence-electron chi connectivity index (χ2n) is 6.26. The molecule has 17 heavy (non-hydrogen) atoms. The summed E-state index contributed by atoms with van der Waals surface area (Å²) < 4.78 is 0. The van der Waals surface area contributed by atoms with E-state index in [2.05, 4.69) is 33.0 Å². The van der Waals surface area contributed by atoms with E-state index in [1.807, 2.05) is 6.92 Å². The molecule has 2 N–H and O–H groups in total. The minimum Gasteiger partial charge on any atom is -0.396 e. The van der Waals surface area contributed by atoms with Gasteiger partial charge in [0.2, 0.25) is 5.91 Å². The van der Waals surface area contributed by atoms with Crippen LogP contribution in [0.5, 0.6) is 0 Å². The Bertz CT molecular complexity index is 221. The van der Waals surface area contributed by atoms with E-state index in [1.54, 1.807) is 0 Å². The number of amides is 1. The fourth-order valence-electron chi connectivity index (χ4n) is 2.25. The Morgan fingerprint density at radius 3 is 2.35 bits per heavy atom. The van der Waals surface area contributed by atoms with Crippen LogP contribution in [0.1, 0.15) is 60.3 Å². The first-order valence-corrected chi connectivity index (χ1v) is 6.68. The molecule has 0 aromatic heterocycles. The minimum atomic E-state index is 0.113. The maximum atomic E-state index is 11.8. The van der Waals surface area contributed by atoms with Gasteiger partial charge < -0.3 is 10.4 Å². The van der Waals surface area contributed by atoms with Crippen molar-refractivity contribution in [3.63, 3.8) is 0 Å². The van der Waals surface area contributed by atoms with Crippen LogP contribution in [0.4, 0.5) is 0 Å². The zero-order chi connectivity index (χ0) is 13.5. The van der Waals surface area contributed by atoms with Gasteiger partial charge in [-0.2, -0.15) is 0 Å². The third-order valence-corrected chi connectivity index (χ3v) is 2.83. The molecule has 0 aromatic rings. The second kappa shape index (κ2) is 7.70. The summed E-state index contributed by atoms with van der Waals surface area (Å²) in [5.74, 6) is 0.517. The van der Waals surface area contributed by atoms with Crippen molar-refractivity contribution in [1.29, 1.82) is 0 Å². The highest BCUT2D eigenvalue weighted by atomic mass is 16.3.